The van der Waals surface area contributed by atoms with E-state index in [0.717, 1.165) is 0 Å². The van der Waals surface area contributed by atoms with Crippen LogP contribution in [0.3, 0.4) is 0 Å². The Morgan fingerprint density at radius 2 is 1.00 bits per heavy atom. The fourth-order valence-electron chi connectivity index (χ4n) is 2.88. The van der Waals surface area contributed by atoms with Gasteiger partial charge in [0.05, 0.1) is 11.0 Å². The van der Waals surface area contributed by atoms with E-state index in [1.165, 1.54) is 40.1 Å². The van der Waals surface area contributed by atoms with E-state index >= 15 is 0 Å². The van der Waals surface area contributed by atoms with Crippen LogP contribution in [0, 0.1) is 7.14 Å². The molecule has 3 heteroatoms. The summed E-state index contributed by atoms with van der Waals surface area (Å²) in [5.41, 5.74) is 5.63. The maximum absolute atomic E-state index is 3.66. The molecule has 1 N–H and O–H groups in total. The number of H-pyrrole nitrogens is 1. The van der Waals surface area contributed by atoms with Gasteiger partial charge in [-0.25, -0.2) is 0 Å². The molecule has 2 aromatic carbocycles. The lowest BCUT2D eigenvalue weighted by atomic mass is 9.85. The van der Waals surface area contributed by atoms with Crippen LogP contribution in [0.25, 0.3) is 21.8 Å². The number of fused-ring (bicyclic) bond motifs is 3. The number of hydrogen-bond donors (Lipinski definition) is 1. The van der Waals surface area contributed by atoms with Crippen molar-refractivity contribution in [3.05, 3.63) is 42.5 Å². The molecule has 1 heterocycles. The van der Waals surface area contributed by atoms with E-state index in [4.69, 9.17) is 0 Å². The molecule has 0 atom stereocenters. The first kappa shape index (κ1) is 17.5. The molecule has 23 heavy (non-hydrogen) atoms. The lowest BCUT2D eigenvalue weighted by Crippen LogP contribution is -2.11. The standard InChI is InChI=1S/C20H23I2N/c1-19(2,3)11-7-13-14-8-12(20(4,5)6)10-16(22)18(14)23-17(13)15(21)9-11/h7-10,23H,1-6H3. The molecule has 0 fully saturated rings. The van der Waals surface area contributed by atoms with Crippen LogP contribution in [0.5, 0.6) is 0 Å². The summed E-state index contributed by atoms with van der Waals surface area (Å²) in [6, 6.07) is 9.38. The quantitative estimate of drug-likeness (QED) is 0.298. The minimum Gasteiger partial charge on any atom is -0.353 e. The fourth-order valence-corrected chi connectivity index (χ4v) is 4.41. The Labute approximate surface area is 165 Å². The average Bonchev–Trinajstić information content (AvgIpc) is 2.77. The van der Waals surface area contributed by atoms with Gasteiger partial charge in [0, 0.05) is 17.9 Å². The van der Waals surface area contributed by atoms with E-state index in [0.29, 0.717) is 0 Å². The van der Waals surface area contributed by atoms with Crippen molar-refractivity contribution in [3.63, 3.8) is 0 Å². The molecule has 3 rings (SSSR count). The highest BCUT2D eigenvalue weighted by Gasteiger charge is 2.20. The molecule has 0 saturated carbocycles. The summed E-state index contributed by atoms with van der Waals surface area (Å²) < 4.78 is 2.60. The van der Waals surface area contributed by atoms with E-state index in [2.05, 4.69) is 116 Å². The molecule has 1 nitrogen and oxygen atoms in total. The van der Waals surface area contributed by atoms with Crippen LogP contribution in [0.4, 0.5) is 0 Å². The molecule has 0 aliphatic rings. The van der Waals surface area contributed by atoms with Crippen molar-refractivity contribution in [2.24, 2.45) is 0 Å². The van der Waals surface area contributed by atoms with Gasteiger partial charge < -0.3 is 4.98 Å². The molecule has 0 amide bonds. The maximum Gasteiger partial charge on any atom is 0.0600 e. The van der Waals surface area contributed by atoms with Crippen molar-refractivity contribution < 1.29 is 0 Å². The van der Waals surface area contributed by atoms with Crippen LogP contribution in [0.1, 0.15) is 52.7 Å². The number of nitrogens with one attached hydrogen (secondary N) is 1. The van der Waals surface area contributed by atoms with Crippen LogP contribution in [-0.2, 0) is 10.8 Å². The maximum atomic E-state index is 3.66. The first-order chi connectivity index (χ1) is 10.5. The van der Waals surface area contributed by atoms with Crippen LogP contribution >= 0.6 is 45.2 Å². The predicted octanol–water partition coefficient (Wildman–Crippen LogP) is 7.13. The lowest BCUT2D eigenvalue weighted by Gasteiger charge is -2.20. The molecular weight excluding hydrogens is 508 g/mol. The molecule has 122 valence electrons. The van der Waals surface area contributed by atoms with Gasteiger partial charge in [-0.2, -0.15) is 0 Å². The zero-order valence-electron chi connectivity index (χ0n) is 14.6. The first-order valence-corrected chi connectivity index (χ1v) is 10.1. The van der Waals surface area contributed by atoms with Crippen molar-refractivity contribution in [2.45, 2.75) is 52.4 Å². The Morgan fingerprint density at radius 1 is 0.652 bits per heavy atom. The van der Waals surface area contributed by atoms with Crippen LogP contribution < -0.4 is 0 Å². The van der Waals surface area contributed by atoms with Crippen molar-refractivity contribution in [1.82, 2.24) is 4.98 Å². The van der Waals surface area contributed by atoms with E-state index < -0.39 is 0 Å². The van der Waals surface area contributed by atoms with Gasteiger partial charge in [-0.1, -0.05) is 41.5 Å². The summed E-state index contributed by atoms with van der Waals surface area (Å²) in [5, 5.41) is 2.70. The van der Waals surface area contributed by atoms with Crippen LogP contribution in [-0.4, -0.2) is 4.98 Å². The SMILES string of the molecule is CC(C)(C)c1cc(I)c2[nH]c3c(I)cc(C(C)(C)C)cc3c2c1. The van der Waals surface area contributed by atoms with Gasteiger partial charge in [0.25, 0.3) is 0 Å². The summed E-state index contributed by atoms with van der Waals surface area (Å²) in [6.07, 6.45) is 0. The Morgan fingerprint density at radius 3 is 1.30 bits per heavy atom. The van der Waals surface area contributed by atoms with Gasteiger partial charge in [0.15, 0.2) is 0 Å². The number of aromatic amines is 1. The second-order valence-corrected chi connectivity index (χ2v) is 10.7. The summed E-state index contributed by atoms with van der Waals surface area (Å²) >= 11 is 4.92. The van der Waals surface area contributed by atoms with Crippen molar-refractivity contribution in [3.8, 4) is 0 Å². The monoisotopic (exact) mass is 531 g/mol. The Hall–Kier alpha value is -0.300. The van der Waals surface area contributed by atoms with Crippen LogP contribution in [0.2, 0.25) is 0 Å². The highest BCUT2D eigenvalue weighted by molar-refractivity contribution is 14.1. The predicted molar refractivity (Wildman–Crippen MR) is 119 cm³/mol. The smallest absolute Gasteiger partial charge is 0.0600 e. The third-order valence-electron chi connectivity index (χ3n) is 4.45. The molecule has 1 aromatic heterocycles. The molecule has 0 aliphatic carbocycles. The molecule has 0 bridgehead atoms. The second-order valence-electron chi connectivity index (χ2n) is 8.39. The first-order valence-electron chi connectivity index (χ1n) is 7.94. The average molecular weight is 531 g/mol. The summed E-state index contributed by atoms with van der Waals surface area (Å²) in [4.78, 5) is 3.66. The largest absolute Gasteiger partial charge is 0.353 e. The zero-order chi connectivity index (χ0) is 17.2. The van der Waals surface area contributed by atoms with Gasteiger partial charge in [-0.05, 0) is 91.4 Å². The van der Waals surface area contributed by atoms with Crippen molar-refractivity contribution in [2.75, 3.05) is 0 Å². The number of rotatable bonds is 0. The van der Waals surface area contributed by atoms with E-state index in [9.17, 15) is 0 Å². The van der Waals surface area contributed by atoms with Crippen molar-refractivity contribution in [1.29, 1.82) is 0 Å². The molecule has 3 aromatic rings. The molecule has 0 saturated heterocycles. The minimum absolute atomic E-state index is 0.159. The third kappa shape index (κ3) is 3.15. The Balaban J connectivity index is 2.44. The Bertz CT molecular complexity index is 831. The van der Waals surface area contributed by atoms with Gasteiger partial charge in [-0.15, -0.1) is 0 Å². The molecule has 0 radical (unpaired) electrons. The van der Waals surface area contributed by atoms with Gasteiger partial charge in [0.1, 0.15) is 0 Å². The topological polar surface area (TPSA) is 15.8 Å². The van der Waals surface area contributed by atoms with Gasteiger partial charge in [0.2, 0.25) is 0 Å². The summed E-state index contributed by atoms with van der Waals surface area (Å²) in [6.45, 7) is 13.7. The van der Waals surface area contributed by atoms with E-state index in [1.54, 1.807) is 0 Å². The molecule has 0 spiro atoms. The van der Waals surface area contributed by atoms with Crippen molar-refractivity contribution >= 4 is 67.0 Å². The normalized spacial score (nSPS) is 13.2. The van der Waals surface area contributed by atoms with Gasteiger partial charge >= 0.3 is 0 Å². The van der Waals surface area contributed by atoms with Crippen LogP contribution in [0.15, 0.2) is 24.3 Å². The number of halogens is 2. The zero-order valence-corrected chi connectivity index (χ0v) is 18.9. The number of benzene rings is 2. The molecule has 0 unspecified atom stereocenters. The second kappa shape index (κ2) is 5.61. The Kier molecular flexibility index (Phi) is 4.28. The third-order valence-corrected chi connectivity index (χ3v) is 6.15. The summed E-state index contributed by atoms with van der Waals surface area (Å²) in [7, 11) is 0. The number of hydrogen-bond acceptors (Lipinski definition) is 0. The van der Waals surface area contributed by atoms with E-state index in [1.807, 2.05) is 0 Å². The highest BCUT2D eigenvalue weighted by atomic mass is 127. The number of aromatic nitrogens is 1. The molecule has 0 aliphatic heterocycles. The fraction of sp³-hybridized carbons (Fsp3) is 0.400. The van der Waals surface area contributed by atoms with Gasteiger partial charge in [-0.3, -0.25) is 0 Å². The highest BCUT2D eigenvalue weighted by Crippen LogP contribution is 2.37. The minimum atomic E-state index is 0.159. The van der Waals surface area contributed by atoms with E-state index in [-0.39, 0.29) is 10.8 Å². The lowest BCUT2D eigenvalue weighted by molar-refractivity contribution is 0.590. The summed E-state index contributed by atoms with van der Waals surface area (Å²) in [5.74, 6) is 0. The molecular formula is C20H23I2N.